The summed E-state index contributed by atoms with van der Waals surface area (Å²) in [6, 6.07) is 8.69. The average Bonchev–Trinajstić information content (AvgIpc) is 2.41. The molecule has 110 valence electrons. The summed E-state index contributed by atoms with van der Waals surface area (Å²) in [5.74, 6) is 0. The van der Waals surface area contributed by atoms with E-state index in [1.165, 1.54) is 30.4 Å². The molecule has 0 saturated heterocycles. The molecule has 0 aliphatic heterocycles. The molecule has 0 atom stereocenters. The molecule has 0 aliphatic carbocycles. The zero-order chi connectivity index (χ0) is 12.8. The second-order valence-electron chi connectivity index (χ2n) is 4.78. The van der Waals surface area contributed by atoms with Gasteiger partial charge < -0.3 is 34.0 Å². The van der Waals surface area contributed by atoms with Crippen molar-refractivity contribution >= 4 is 0 Å². The van der Waals surface area contributed by atoms with Gasteiger partial charge in [0, 0.05) is 30.7 Å². The van der Waals surface area contributed by atoms with Crippen LogP contribution in [0, 0.1) is 0 Å². The number of aryl methyl sites for hydroxylation is 2. The summed E-state index contributed by atoms with van der Waals surface area (Å²) in [5, 5.41) is 0. The van der Waals surface area contributed by atoms with Crippen molar-refractivity contribution in [3.8, 4) is 11.1 Å². The summed E-state index contributed by atoms with van der Waals surface area (Å²) in [5.41, 5.74) is 2.55. The Morgan fingerprint density at radius 3 is 1.80 bits per heavy atom. The van der Waals surface area contributed by atoms with Crippen molar-refractivity contribution in [2.75, 3.05) is 0 Å². The smallest absolute Gasteiger partial charge is 0.169 e. The quantitative estimate of drug-likeness (QED) is 0.365. The van der Waals surface area contributed by atoms with Crippen LogP contribution in [-0.2, 0) is 13.6 Å². The minimum atomic E-state index is 0. The van der Waals surface area contributed by atoms with E-state index in [1.807, 2.05) is 7.05 Å². The summed E-state index contributed by atoms with van der Waals surface area (Å²) in [6.07, 6.45) is 12.4. The Labute approximate surface area is 143 Å². The Morgan fingerprint density at radius 1 is 0.800 bits per heavy atom. The molecule has 0 fully saturated rings. The van der Waals surface area contributed by atoms with Gasteiger partial charge in [0.2, 0.25) is 0 Å². The Kier molecular flexibility index (Phi) is 9.68. The van der Waals surface area contributed by atoms with Gasteiger partial charge in [-0.05, 0) is 17.5 Å². The normalized spacial score (nSPS) is 9.50. The molecule has 0 aromatic carbocycles. The molecule has 20 heavy (non-hydrogen) atoms. The average molecular weight is 402 g/mol. The second kappa shape index (κ2) is 10.1. The van der Waals surface area contributed by atoms with E-state index >= 15 is 0 Å². The topological polar surface area (TPSA) is 7.76 Å². The van der Waals surface area contributed by atoms with Crippen LogP contribution >= 0.6 is 0 Å². The number of rotatable bonds is 5. The van der Waals surface area contributed by atoms with Crippen molar-refractivity contribution in [2.24, 2.45) is 7.05 Å². The molecule has 0 bridgehead atoms. The van der Waals surface area contributed by atoms with Gasteiger partial charge in [0.1, 0.15) is 13.6 Å². The van der Waals surface area contributed by atoms with Crippen molar-refractivity contribution in [1.29, 1.82) is 0 Å². The van der Waals surface area contributed by atoms with E-state index in [4.69, 9.17) is 0 Å². The highest BCUT2D eigenvalue weighted by molar-refractivity contribution is 5.60. The maximum Gasteiger partial charge on any atom is 0.169 e. The third-order valence-electron chi connectivity index (χ3n) is 3.22. The molecule has 0 radical (unpaired) electrons. The van der Waals surface area contributed by atoms with Crippen LogP contribution in [0.5, 0.6) is 0 Å². The molecule has 4 heteroatoms. The first-order valence-electron chi connectivity index (χ1n) is 6.74. The molecule has 0 saturated carbocycles. The lowest BCUT2D eigenvalue weighted by Gasteiger charge is -2.00. The third-order valence-corrected chi connectivity index (χ3v) is 3.22. The lowest BCUT2D eigenvalue weighted by molar-refractivity contribution is -0.697. The van der Waals surface area contributed by atoms with E-state index in [2.05, 4.69) is 65.1 Å². The van der Waals surface area contributed by atoms with Gasteiger partial charge in [0.15, 0.2) is 24.8 Å². The van der Waals surface area contributed by atoms with Crippen LogP contribution in [0.15, 0.2) is 49.1 Å². The van der Waals surface area contributed by atoms with E-state index in [0.29, 0.717) is 0 Å². The van der Waals surface area contributed by atoms with Crippen molar-refractivity contribution in [3.63, 3.8) is 0 Å². The first-order valence-corrected chi connectivity index (χ1v) is 6.74. The molecule has 2 nitrogen and oxygen atoms in total. The van der Waals surface area contributed by atoms with Crippen LogP contribution < -0.4 is 43.1 Å². The molecule has 0 aliphatic rings. The predicted octanol–water partition coefficient (Wildman–Crippen LogP) is -3.34. The highest BCUT2D eigenvalue weighted by Gasteiger charge is 2.03. The summed E-state index contributed by atoms with van der Waals surface area (Å²) in [4.78, 5) is 0. The zero-order valence-electron chi connectivity index (χ0n) is 12.1. The molecule has 0 unspecified atom stereocenters. The summed E-state index contributed by atoms with van der Waals surface area (Å²) >= 11 is 0. The Bertz CT molecular complexity index is 481. The van der Waals surface area contributed by atoms with Crippen LogP contribution in [0.25, 0.3) is 11.1 Å². The second-order valence-corrected chi connectivity index (χ2v) is 4.78. The van der Waals surface area contributed by atoms with Gasteiger partial charge in [-0.15, -0.1) is 0 Å². The number of hydrogen-bond donors (Lipinski definition) is 0. The summed E-state index contributed by atoms with van der Waals surface area (Å²) in [6.45, 7) is 3.36. The van der Waals surface area contributed by atoms with E-state index in [9.17, 15) is 0 Å². The van der Waals surface area contributed by atoms with E-state index < -0.39 is 0 Å². The minimum absolute atomic E-state index is 0. The highest BCUT2D eigenvalue weighted by Crippen LogP contribution is 2.15. The Morgan fingerprint density at radius 2 is 1.30 bits per heavy atom. The van der Waals surface area contributed by atoms with Crippen LogP contribution in [0.3, 0.4) is 0 Å². The Hall–Kier alpha value is -0.740. The van der Waals surface area contributed by atoms with Crippen LogP contribution in [0.1, 0.15) is 26.2 Å². The molecule has 0 spiro atoms. The minimum Gasteiger partial charge on any atom is -1.00 e. The first-order chi connectivity index (χ1) is 8.79. The number of hydrogen-bond acceptors (Lipinski definition) is 0. The number of pyridine rings is 2. The van der Waals surface area contributed by atoms with Gasteiger partial charge in [-0.3, -0.25) is 0 Å². The first kappa shape index (κ1) is 19.3. The summed E-state index contributed by atoms with van der Waals surface area (Å²) < 4.78 is 4.32. The van der Waals surface area contributed by atoms with Gasteiger partial charge in [0.05, 0.1) is 0 Å². The SMILES string of the molecule is CCCCC[n+]1ccc(-c2cc[n+](C)cc2)cc1.[Br-].[Br-]. The monoisotopic (exact) mass is 400 g/mol. The lowest BCUT2D eigenvalue weighted by atomic mass is 10.1. The fraction of sp³-hybridized carbons (Fsp3) is 0.375. The van der Waals surface area contributed by atoms with Crippen LogP contribution in [-0.4, -0.2) is 0 Å². The number of halogens is 2. The Balaban J connectivity index is 0.00000180. The summed E-state index contributed by atoms with van der Waals surface area (Å²) in [7, 11) is 2.04. The van der Waals surface area contributed by atoms with Crippen molar-refractivity contribution in [3.05, 3.63) is 49.1 Å². The van der Waals surface area contributed by atoms with Crippen molar-refractivity contribution < 1.29 is 43.1 Å². The van der Waals surface area contributed by atoms with Crippen molar-refractivity contribution in [2.45, 2.75) is 32.7 Å². The predicted molar refractivity (Wildman–Crippen MR) is 72.8 cm³/mol. The largest absolute Gasteiger partial charge is 1.00 e. The molecule has 2 heterocycles. The maximum absolute atomic E-state index is 2.27. The van der Waals surface area contributed by atoms with Crippen molar-refractivity contribution in [1.82, 2.24) is 0 Å². The lowest BCUT2D eigenvalue weighted by Crippen LogP contribution is -3.00. The van der Waals surface area contributed by atoms with E-state index in [0.717, 1.165) is 6.54 Å². The third kappa shape index (κ3) is 5.71. The standard InChI is InChI=1S/C16H22N2.2BrH/c1-3-4-5-10-18-13-8-16(9-14-18)15-6-11-17(2)12-7-15;;/h6-9,11-14H,3-5,10H2,1-2H3;2*1H/q+2;;/p-2. The maximum atomic E-state index is 2.27. The molecule has 2 rings (SSSR count). The van der Waals surface area contributed by atoms with Crippen LogP contribution in [0.4, 0.5) is 0 Å². The van der Waals surface area contributed by atoms with Crippen LogP contribution in [0.2, 0.25) is 0 Å². The fourth-order valence-electron chi connectivity index (χ4n) is 2.04. The van der Waals surface area contributed by atoms with Gasteiger partial charge >= 0.3 is 0 Å². The van der Waals surface area contributed by atoms with E-state index in [-0.39, 0.29) is 34.0 Å². The molecular formula is C16H22Br2N2. The number of unbranched alkanes of at least 4 members (excludes halogenated alkanes) is 2. The van der Waals surface area contributed by atoms with Gasteiger partial charge in [0.25, 0.3) is 0 Å². The molecule has 2 aromatic rings. The van der Waals surface area contributed by atoms with Gasteiger partial charge in [-0.1, -0.05) is 13.3 Å². The number of aromatic nitrogens is 2. The van der Waals surface area contributed by atoms with Gasteiger partial charge in [-0.2, -0.15) is 0 Å². The van der Waals surface area contributed by atoms with Gasteiger partial charge in [-0.25, -0.2) is 9.13 Å². The molecule has 0 N–H and O–H groups in total. The fourth-order valence-corrected chi connectivity index (χ4v) is 2.04. The molecule has 2 aromatic heterocycles. The number of nitrogens with zero attached hydrogens (tertiary/aromatic N) is 2. The van der Waals surface area contributed by atoms with E-state index in [1.54, 1.807) is 0 Å². The molecular weight excluding hydrogens is 380 g/mol. The molecule has 0 amide bonds. The highest BCUT2D eigenvalue weighted by atomic mass is 79.9. The zero-order valence-corrected chi connectivity index (χ0v) is 15.3.